The molecule has 3 heterocycles. The highest BCUT2D eigenvalue weighted by molar-refractivity contribution is 6.06. The van der Waals surface area contributed by atoms with Crippen molar-refractivity contribution in [2.75, 3.05) is 6.54 Å². The standard InChI is InChI=1S/C17H24N2O6/c1-2-3-4-9(17(23)24)18-12(20)7-8-19-15(21)13-10-5-6-11(25-10)14(13)16(19)22/h9-11,13-14H,2-8H2,1H3,(H,18,20)(H,23,24)/t9-,10?,11?,13?,14?/m0/s1. The van der Waals surface area contributed by atoms with Crippen LogP contribution in [-0.2, 0) is 23.9 Å². The molecule has 2 bridgehead atoms. The molecule has 8 nitrogen and oxygen atoms in total. The van der Waals surface area contributed by atoms with Crippen molar-refractivity contribution >= 4 is 23.7 Å². The molecule has 0 saturated carbocycles. The Morgan fingerprint density at radius 2 is 1.84 bits per heavy atom. The molecule has 0 aromatic carbocycles. The number of hydrogen-bond donors (Lipinski definition) is 2. The molecule has 3 aliphatic rings. The summed E-state index contributed by atoms with van der Waals surface area (Å²) in [4.78, 5) is 49.3. The van der Waals surface area contributed by atoms with Crippen LogP contribution in [0.2, 0.25) is 0 Å². The van der Waals surface area contributed by atoms with E-state index in [4.69, 9.17) is 9.84 Å². The fraction of sp³-hybridized carbons (Fsp3) is 0.765. The number of rotatable bonds is 8. The SMILES string of the molecule is CCCC[C@H](NC(=O)CCN1C(=O)C2C3CCC(O3)C2C1=O)C(=O)O. The molecule has 2 N–H and O–H groups in total. The predicted molar refractivity (Wildman–Crippen MR) is 85.3 cm³/mol. The number of carboxylic acids is 1. The molecule has 138 valence electrons. The zero-order valence-corrected chi connectivity index (χ0v) is 14.3. The van der Waals surface area contributed by atoms with Crippen molar-refractivity contribution in [1.82, 2.24) is 10.2 Å². The summed E-state index contributed by atoms with van der Waals surface area (Å²) in [6, 6.07) is -0.930. The molecule has 3 aliphatic heterocycles. The summed E-state index contributed by atoms with van der Waals surface area (Å²) in [5.74, 6) is -2.83. The first kappa shape index (κ1) is 17.8. The molecule has 0 aromatic heterocycles. The second-order valence-electron chi connectivity index (χ2n) is 7.02. The Balaban J connectivity index is 1.53. The lowest BCUT2D eigenvalue weighted by Gasteiger charge is -2.18. The van der Waals surface area contributed by atoms with Gasteiger partial charge in [-0.1, -0.05) is 19.8 Å². The van der Waals surface area contributed by atoms with Crippen molar-refractivity contribution in [3.63, 3.8) is 0 Å². The van der Waals surface area contributed by atoms with E-state index in [0.717, 1.165) is 24.2 Å². The minimum absolute atomic E-state index is 0.00391. The molecule has 0 spiro atoms. The fourth-order valence-corrected chi connectivity index (χ4v) is 4.14. The van der Waals surface area contributed by atoms with Crippen LogP contribution in [-0.4, -0.2) is 58.5 Å². The number of carbonyl (C=O) groups is 4. The zero-order chi connectivity index (χ0) is 18.1. The van der Waals surface area contributed by atoms with Crippen LogP contribution in [0.4, 0.5) is 0 Å². The monoisotopic (exact) mass is 352 g/mol. The number of ether oxygens (including phenoxy) is 1. The van der Waals surface area contributed by atoms with E-state index in [1.807, 2.05) is 6.92 Å². The van der Waals surface area contributed by atoms with Gasteiger partial charge in [0.15, 0.2) is 0 Å². The number of likely N-dealkylation sites (tertiary alicyclic amines) is 1. The van der Waals surface area contributed by atoms with Crippen LogP contribution in [0.3, 0.4) is 0 Å². The molecular weight excluding hydrogens is 328 g/mol. The Labute approximate surface area is 145 Å². The van der Waals surface area contributed by atoms with Crippen molar-refractivity contribution in [2.24, 2.45) is 11.8 Å². The number of carboxylic acid groups (broad SMARTS) is 1. The summed E-state index contributed by atoms with van der Waals surface area (Å²) < 4.78 is 5.66. The van der Waals surface area contributed by atoms with Gasteiger partial charge in [-0.15, -0.1) is 0 Å². The summed E-state index contributed by atoms with van der Waals surface area (Å²) in [6.07, 6.45) is 3.09. The second kappa shape index (κ2) is 7.11. The highest BCUT2D eigenvalue weighted by atomic mass is 16.5. The number of nitrogens with one attached hydrogen (secondary N) is 1. The minimum atomic E-state index is -1.07. The maximum Gasteiger partial charge on any atom is 0.326 e. The van der Waals surface area contributed by atoms with Crippen molar-refractivity contribution in [1.29, 1.82) is 0 Å². The summed E-state index contributed by atoms with van der Waals surface area (Å²) in [7, 11) is 0. The number of nitrogens with zero attached hydrogens (tertiary/aromatic N) is 1. The van der Waals surface area contributed by atoms with Gasteiger partial charge in [-0.05, 0) is 19.3 Å². The Morgan fingerprint density at radius 3 is 2.36 bits per heavy atom. The van der Waals surface area contributed by atoms with Crippen LogP contribution in [0.25, 0.3) is 0 Å². The van der Waals surface area contributed by atoms with Gasteiger partial charge >= 0.3 is 5.97 Å². The average molecular weight is 352 g/mol. The number of carbonyl (C=O) groups excluding carboxylic acids is 3. The number of amides is 3. The van der Waals surface area contributed by atoms with Crippen LogP contribution in [0, 0.1) is 11.8 Å². The first-order chi connectivity index (χ1) is 11.9. The van der Waals surface area contributed by atoms with Gasteiger partial charge in [0, 0.05) is 13.0 Å². The van der Waals surface area contributed by atoms with E-state index >= 15 is 0 Å². The zero-order valence-electron chi connectivity index (χ0n) is 14.3. The van der Waals surface area contributed by atoms with E-state index in [1.165, 1.54) is 0 Å². The molecule has 3 amide bonds. The molecule has 3 saturated heterocycles. The predicted octanol–water partition coefficient (Wildman–Crippen LogP) is 0.299. The topological polar surface area (TPSA) is 113 Å². The van der Waals surface area contributed by atoms with Crippen LogP contribution >= 0.6 is 0 Å². The molecule has 8 heteroatoms. The first-order valence-electron chi connectivity index (χ1n) is 8.97. The number of aliphatic carboxylic acids is 1. The van der Waals surface area contributed by atoms with Crippen molar-refractivity contribution in [3.8, 4) is 0 Å². The van der Waals surface area contributed by atoms with E-state index in [2.05, 4.69) is 5.32 Å². The molecule has 25 heavy (non-hydrogen) atoms. The van der Waals surface area contributed by atoms with E-state index in [-0.39, 0.29) is 37.0 Å². The van der Waals surface area contributed by atoms with Gasteiger partial charge in [0.1, 0.15) is 6.04 Å². The smallest absolute Gasteiger partial charge is 0.326 e. The molecule has 0 aromatic rings. The summed E-state index contributed by atoms with van der Waals surface area (Å²) >= 11 is 0. The maximum absolute atomic E-state index is 12.5. The van der Waals surface area contributed by atoms with Crippen molar-refractivity contribution < 1.29 is 29.0 Å². The highest BCUT2D eigenvalue weighted by Gasteiger charge is 2.62. The largest absolute Gasteiger partial charge is 0.480 e. The van der Waals surface area contributed by atoms with Gasteiger partial charge in [0.25, 0.3) is 0 Å². The van der Waals surface area contributed by atoms with Gasteiger partial charge in [-0.25, -0.2) is 4.79 Å². The molecule has 0 radical (unpaired) electrons. The molecule has 4 unspecified atom stereocenters. The van der Waals surface area contributed by atoms with Crippen molar-refractivity contribution in [2.45, 2.75) is 63.7 Å². The Hall–Kier alpha value is -1.96. The van der Waals surface area contributed by atoms with Gasteiger partial charge in [-0.2, -0.15) is 0 Å². The number of unbranched alkanes of at least 4 members (excludes halogenated alkanes) is 1. The third-order valence-electron chi connectivity index (χ3n) is 5.42. The van der Waals surface area contributed by atoms with Crippen LogP contribution < -0.4 is 5.32 Å². The number of fused-ring (bicyclic) bond motifs is 5. The number of imide groups is 1. The summed E-state index contributed by atoms with van der Waals surface area (Å²) in [5.41, 5.74) is 0. The lowest BCUT2D eigenvalue weighted by molar-refractivity contribution is -0.144. The Kier molecular flexibility index (Phi) is 5.08. The maximum atomic E-state index is 12.5. The van der Waals surface area contributed by atoms with E-state index in [1.54, 1.807) is 0 Å². The molecule has 0 aliphatic carbocycles. The minimum Gasteiger partial charge on any atom is -0.480 e. The lowest BCUT2D eigenvalue weighted by atomic mass is 9.81. The molecular formula is C17H24N2O6. The van der Waals surface area contributed by atoms with E-state index in [9.17, 15) is 19.2 Å². The Bertz CT molecular complexity index is 564. The average Bonchev–Trinajstić information content (AvgIpc) is 3.24. The summed E-state index contributed by atoms with van der Waals surface area (Å²) in [5, 5.41) is 11.6. The molecule has 5 atom stereocenters. The van der Waals surface area contributed by atoms with Gasteiger partial charge < -0.3 is 15.2 Å². The van der Waals surface area contributed by atoms with Crippen LogP contribution in [0.15, 0.2) is 0 Å². The van der Waals surface area contributed by atoms with E-state index in [0.29, 0.717) is 12.8 Å². The molecule has 3 rings (SSSR count). The fourth-order valence-electron chi connectivity index (χ4n) is 4.14. The molecule has 3 fully saturated rings. The first-order valence-corrected chi connectivity index (χ1v) is 8.97. The van der Waals surface area contributed by atoms with Crippen molar-refractivity contribution in [3.05, 3.63) is 0 Å². The lowest BCUT2D eigenvalue weighted by Crippen LogP contribution is -2.43. The quantitative estimate of drug-likeness (QED) is 0.608. The van der Waals surface area contributed by atoms with Crippen LogP contribution in [0.1, 0.15) is 45.4 Å². The van der Waals surface area contributed by atoms with E-state index < -0.39 is 29.8 Å². The third kappa shape index (κ3) is 3.27. The Morgan fingerprint density at radius 1 is 1.24 bits per heavy atom. The van der Waals surface area contributed by atoms with Gasteiger partial charge in [-0.3, -0.25) is 19.3 Å². The van der Waals surface area contributed by atoms with Gasteiger partial charge in [0.05, 0.1) is 24.0 Å². The number of hydrogen-bond acceptors (Lipinski definition) is 5. The second-order valence-corrected chi connectivity index (χ2v) is 7.02. The summed E-state index contributed by atoms with van der Waals surface area (Å²) in [6.45, 7) is 1.94. The van der Waals surface area contributed by atoms with Crippen LogP contribution in [0.5, 0.6) is 0 Å². The van der Waals surface area contributed by atoms with Gasteiger partial charge in [0.2, 0.25) is 17.7 Å². The highest BCUT2D eigenvalue weighted by Crippen LogP contribution is 2.48. The third-order valence-corrected chi connectivity index (χ3v) is 5.42. The normalized spacial score (nSPS) is 31.3.